The molecule has 0 aliphatic heterocycles. The minimum atomic E-state index is 0.00132. The van der Waals surface area contributed by atoms with Gasteiger partial charge >= 0.3 is 0 Å². The number of benzene rings is 2. The van der Waals surface area contributed by atoms with Crippen LogP contribution < -0.4 is 5.32 Å². The summed E-state index contributed by atoms with van der Waals surface area (Å²) in [6.07, 6.45) is 2.87. The van der Waals surface area contributed by atoms with Crippen LogP contribution in [0.1, 0.15) is 44.0 Å². The molecule has 0 spiro atoms. The van der Waals surface area contributed by atoms with Gasteiger partial charge in [-0.2, -0.15) is 0 Å². The molecule has 0 fully saturated rings. The van der Waals surface area contributed by atoms with Crippen molar-refractivity contribution < 1.29 is 0 Å². The van der Waals surface area contributed by atoms with E-state index < -0.39 is 0 Å². The van der Waals surface area contributed by atoms with E-state index in [9.17, 15) is 0 Å². The maximum atomic E-state index is 4.48. The van der Waals surface area contributed by atoms with Crippen LogP contribution in [0.25, 0.3) is 28.0 Å². The van der Waals surface area contributed by atoms with Crippen molar-refractivity contribution in [2.24, 2.45) is 0 Å². The number of nitrogens with one attached hydrogen (secondary N) is 1. The zero-order chi connectivity index (χ0) is 20.3. The molecular formula is C26H30N2. The summed E-state index contributed by atoms with van der Waals surface area (Å²) in [4.78, 5) is 4.48. The molecule has 0 aliphatic rings. The third-order valence-corrected chi connectivity index (χ3v) is 5.36. The highest BCUT2D eigenvalue weighted by atomic mass is 15.0. The van der Waals surface area contributed by atoms with E-state index in [2.05, 4.69) is 100 Å². The average molecular weight is 371 g/mol. The molecule has 0 atom stereocenters. The minimum absolute atomic E-state index is 0.00132. The highest BCUT2D eigenvalue weighted by molar-refractivity contribution is 5.80. The summed E-state index contributed by atoms with van der Waals surface area (Å²) < 4.78 is 0. The first-order valence-corrected chi connectivity index (χ1v) is 9.90. The molecule has 0 bridgehead atoms. The fraction of sp³-hybridized carbons (Fsp3) is 0.269. The van der Waals surface area contributed by atoms with Gasteiger partial charge in [-0.1, -0.05) is 49.4 Å². The van der Waals surface area contributed by atoms with Crippen LogP contribution in [0.5, 0.6) is 0 Å². The highest BCUT2D eigenvalue weighted by Crippen LogP contribution is 2.32. The standard InChI is InChI=1S/C26H30N2/c1-7-26(5,6)28-19(3)22-15-23(21-12-10-18(2)11-13-21)17-24(16-22)25-9-8-14-27-20(25)4/h8-17,28H,3,7H2,1-2,4-6H3. The third-order valence-electron chi connectivity index (χ3n) is 5.36. The van der Waals surface area contributed by atoms with Crippen LogP contribution in [0, 0.1) is 13.8 Å². The first kappa shape index (κ1) is 19.9. The Morgan fingerprint density at radius 1 is 0.964 bits per heavy atom. The molecule has 0 amide bonds. The Bertz CT molecular complexity index is 982. The lowest BCUT2D eigenvalue weighted by Gasteiger charge is -2.28. The first-order valence-electron chi connectivity index (χ1n) is 9.90. The molecule has 1 aromatic heterocycles. The lowest BCUT2D eigenvalue weighted by atomic mass is 9.93. The maximum absolute atomic E-state index is 4.48. The normalized spacial score (nSPS) is 11.3. The second-order valence-corrected chi connectivity index (χ2v) is 8.14. The van der Waals surface area contributed by atoms with Crippen molar-refractivity contribution in [2.45, 2.75) is 46.6 Å². The zero-order valence-corrected chi connectivity index (χ0v) is 17.6. The largest absolute Gasteiger partial charge is 0.380 e. The van der Waals surface area contributed by atoms with Crippen molar-refractivity contribution in [2.75, 3.05) is 0 Å². The van der Waals surface area contributed by atoms with Crippen molar-refractivity contribution in [3.05, 3.63) is 84.2 Å². The summed E-state index contributed by atoms with van der Waals surface area (Å²) in [7, 11) is 0. The summed E-state index contributed by atoms with van der Waals surface area (Å²) in [5.41, 5.74) is 9.06. The fourth-order valence-corrected chi connectivity index (χ4v) is 3.23. The summed E-state index contributed by atoms with van der Waals surface area (Å²) in [5, 5.41) is 3.59. The van der Waals surface area contributed by atoms with E-state index in [0.717, 1.165) is 34.5 Å². The minimum Gasteiger partial charge on any atom is -0.380 e. The van der Waals surface area contributed by atoms with Crippen LogP contribution in [0.3, 0.4) is 0 Å². The number of hydrogen-bond donors (Lipinski definition) is 1. The predicted molar refractivity (Wildman–Crippen MR) is 121 cm³/mol. The Morgan fingerprint density at radius 3 is 2.29 bits per heavy atom. The molecule has 0 unspecified atom stereocenters. The summed E-state index contributed by atoms with van der Waals surface area (Å²) >= 11 is 0. The second kappa shape index (κ2) is 8.02. The lowest BCUT2D eigenvalue weighted by molar-refractivity contribution is 0.437. The van der Waals surface area contributed by atoms with Crippen molar-refractivity contribution in [3.63, 3.8) is 0 Å². The fourth-order valence-electron chi connectivity index (χ4n) is 3.23. The third kappa shape index (κ3) is 4.51. The van der Waals surface area contributed by atoms with Crippen molar-refractivity contribution in [1.29, 1.82) is 0 Å². The van der Waals surface area contributed by atoms with Crippen LogP contribution in [0.15, 0.2) is 67.4 Å². The summed E-state index contributed by atoms with van der Waals surface area (Å²) in [6.45, 7) is 15.1. The lowest BCUT2D eigenvalue weighted by Crippen LogP contribution is -2.36. The van der Waals surface area contributed by atoms with E-state index in [0.29, 0.717) is 0 Å². The molecule has 1 heterocycles. The van der Waals surface area contributed by atoms with Crippen LogP contribution in [0.4, 0.5) is 0 Å². The number of nitrogens with zero attached hydrogens (tertiary/aromatic N) is 1. The van der Waals surface area contributed by atoms with E-state index in [1.54, 1.807) is 0 Å². The predicted octanol–water partition coefficient (Wildman–Crippen LogP) is 6.78. The van der Waals surface area contributed by atoms with E-state index in [4.69, 9.17) is 0 Å². The molecule has 0 saturated carbocycles. The quantitative estimate of drug-likeness (QED) is 0.517. The highest BCUT2D eigenvalue weighted by Gasteiger charge is 2.17. The van der Waals surface area contributed by atoms with Gasteiger partial charge in [-0.05, 0) is 80.6 Å². The van der Waals surface area contributed by atoms with Crippen LogP contribution in [-0.2, 0) is 0 Å². The molecular weight excluding hydrogens is 340 g/mol. The molecule has 2 nitrogen and oxygen atoms in total. The Morgan fingerprint density at radius 2 is 1.64 bits per heavy atom. The van der Waals surface area contributed by atoms with Gasteiger partial charge in [0.2, 0.25) is 0 Å². The van der Waals surface area contributed by atoms with Crippen molar-refractivity contribution in [3.8, 4) is 22.3 Å². The van der Waals surface area contributed by atoms with Gasteiger partial charge in [0.15, 0.2) is 0 Å². The number of aryl methyl sites for hydroxylation is 2. The molecule has 2 aromatic carbocycles. The Balaban J connectivity index is 2.12. The Kier molecular flexibility index (Phi) is 5.69. The van der Waals surface area contributed by atoms with Gasteiger partial charge in [0.1, 0.15) is 0 Å². The molecule has 0 aliphatic carbocycles. The molecule has 144 valence electrons. The van der Waals surface area contributed by atoms with Crippen LogP contribution in [-0.4, -0.2) is 10.5 Å². The number of aromatic nitrogens is 1. The number of rotatable bonds is 6. The molecule has 3 rings (SSSR count). The molecule has 0 saturated heterocycles. The maximum Gasteiger partial charge on any atom is 0.0450 e. The SMILES string of the molecule is C=C(NC(C)(C)CC)c1cc(-c2ccc(C)cc2)cc(-c2cccnc2C)c1. The van der Waals surface area contributed by atoms with Crippen molar-refractivity contribution >= 4 is 5.70 Å². The van der Waals surface area contributed by atoms with Crippen molar-refractivity contribution in [1.82, 2.24) is 10.3 Å². The molecule has 1 N–H and O–H groups in total. The van der Waals surface area contributed by atoms with Gasteiger partial charge in [0.05, 0.1) is 0 Å². The summed E-state index contributed by atoms with van der Waals surface area (Å²) in [5.74, 6) is 0. The van der Waals surface area contributed by atoms with E-state index in [1.165, 1.54) is 16.7 Å². The topological polar surface area (TPSA) is 24.9 Å². The molecule has 2 heteroatoms. The number of pyridine rings is 1. The second-order valence-electron chi connectivity index (χ2n) is 8.14. The van der Waals surface area contributed by atoms with E-state index in [1.807, 2.05) is 12.3 Å². The zero-order valence-electron chi connectivity index (χ0n) is 17.6. The van der Waals surface area contributed by atoms with Gasteiger partial charge in [0.25, 0.3) is 0 Å². The van der Waals surface area contributed by atoms with Gasteiger partial charge in [-0.25, -0.2) is 0 Å². The van der Waals surface area contributed by atoms with E-state index >= 15 is 0 Å². The van der Waals surface area contributed by atoms with Gasteiger partial charge in [0, 0.05) is 28.7 Å². The molecule has 0 radical (unpaired) electrons. The molecule has 3 aromatic rings. The van der Waals surface area contributed by atoms with Gasteiger partial charge in [-0.15, -0.1) is 0 Å². The van der Waals surface area contributed by atoms with Crippen LogP contribution in [0.2, 0.25) is 0 Å². The van der Waals surface area contributed by atoms with E-state index in [-0.39, 0.29) is 5.54 Å². The smallest absolute Gasteiger partial charge is 0.0450 e. The van der Waals surface area contributed by atoms with Gasteiger partial charge < -0.3 is 5.32 Å². The summed E-state index contributed by atoms with van der Waals surface area (Å²) in [6, 6.07) is 19.5. The van der Waals surface area contributed by atoms with Gasteiger partial charge in [-0.3, -0.25) is 4.98 Å². The number of hydrogen-bond acceptors (Lipinski definition) is 2. The Labute approximate surface area is 169 Å². The van der Waals surface area contributed by atoms with Crippen LogP contribution >= 0.6 is 0 Å². The first-order chi connectivity index (χ1) is 13.3. The monoisotopic (exact) mass is 370 g/mol. The average Bonchev–Trinajstić information content (AvgIpc) is 2.68. The molecule has 28 heavy (non-hydrogen) atoms. The Hall–Kier alpha value is -2.87.